The Labute approximate surface area is 144 Å². The van der Waals surface area contributed by atoms with Gasteiger partial charge in [-0.25, -0.2) is 4.39 Å². The average Bonchev–Trinajstić information content (AvgIpc) is 2.43. The van der Waals surface area contributed by atoms with E-state index < -0.39 is 0 Å². The Hall–Kier alpha value is -0.890. The van der Waals surface area contributed by atoms with Crippen LogP contribution in [-0.4, -0.2) is 51.6 Å². The maximum atomic E-state index is 13.4. The molecule has 0 unspecified atom stereocenters. The zero-order valence-electron chi connectivity index (χ0n) is 13.0. The third kappa shape index (κ3) is 8.87. The highest BCUT2D eigenvalue weighted by Crippen LogP contribution is 2.05. The van der Waals surface area contributed by atoms with Gasteiger partial charge in [0.25, 0.3) is 0 Å². The second-order valence-electron chi connectivity index (χ2n) is 4.92. The lowest BCUT2D eigenvalue weighted by atomic mass is 10.1. The van der Waals surface area contributed by atoms with E-state index in [-0.39, 0.29) is 29.8 Å². The minimum absolute atomic E-state index is 0. The van der Waals surface area contributed by atoms with Gasteiger partial charge in [-0.15, -0.1) is 24.0 Å². The van der Waals surface area contributed by atoms with E-state index in [0.29, 0.717) is 13.0 Å². The van der Waals surface area contributed by atoms with Gasteiger partial charge in [-0.2, -0.15) is 0 Å². The molecule has 0 saturated heterocycles. The topological polar surface area (TPSA) is 39.7 Å². The predicted molar refractivity (Wildman–Crippen MR) is 98.1 cm³/mol. The van der Waals surface area contributed by atoms with E-state index in [1.165, 1.54) is 6.07 Å². The highest BCUT2D eigenvalue weighted by atomic mass is 127. The van der Waals surface area contributed by atoms with Gasteiger partial charge in [-0.05, 0) is 45.1 Å². The molecule has 21 heavy (non-hydrogen) atoms. The van der Waals surface area contributed by atoms with E-state index in [4.69, 9.17) is 0 Å². The van der Waals surface area contributed by atoms with E-state index in [0.717, 1.165) is 31.0 Å². The molecule has 0 saturated carbocycles. The fourth-order valence-electron chi connectivity index (χ4n) is 1.84. The Kier molecular flexibility index (Phi) is 11.2. The summed E-state index contributed by atoms with van der Waals surface area (Å²) in [5.74, 6) is 0.614. The van der Waals surface area contributed by atoms with Gasteiger partial charge in [-0.3, -0.25) is 4.99 Å². The summed E-state index contributed by atoms with van der Waals surface area (Å²) in [6, 6.07) is 6.86. The third-order valence-corrected chi connectivity index (χ3v) is 2.94. The smallest absolute Gasteiger partial charge is 0.190 e. The standard InChI is InChI=1S/C15H25FN4.HI/c1-17-15(18-10-6-12-20(2)3)19-11-9-13-7-4-5-8-14(13)16;/h4-5,7-8H,6,9-12H2,1-3H3,(H2,17,18,19);1H. The van der Waals surface area contributed by atoms with Gasteiger partial charge in [0.1, 0.15) is 5.82 Å². The van der Waals surface area contributed by atoms with Crippen molar-refractivity contribution in [2.45, 2.75) is 12.8 Å². The third-order valence-electron chi connectivity index (χ3n) is 2.94. The van der Waals surface area contributed by atoms with Gasteiger partial charge >= 0.3 is 0 Å². The van der Waals surface area contributed by atoms with Crippen molar-refractivity contribution in [3.05, 3.63) is 35.6 Å². The van der Waals surface area contributed by atoms with Gasteiger partial charge < -0.3 is 15.5 Å². The van der Waals surface area contributed by atoms with Crippen LogP contribution in [0.4, 0.5) is 4.39 Å². The van der Waals surface area contributed by atoms with Crippen molar-refractivity contribution in [3.63, 3.8) is 0 Å². The molecule has 120 valence electrons. The predicted octanol–water partition coefficient (Wildman–Crippen LogP) is 2.10. The molecule has 0 radical (unpaired) electrons. The first kappa shape index (κ1) is 20.1. The lowest BCUT2D eigenvalue weighted by molar-refractivity contribution is 0.399. The van der Waals surface area contributed by atoms with Crippen LogP contribution in [-0.2, 0) is 6.42 Å². The molecule has 1 aromatic rings. The minimum atomic E-state index is -0.150. The molecule has 6 heteroatoms. The van der Waals surface area contributed by atoms with Gasteiger partial charge in [0.05, 0.1) is 0 Å². The minimum Gasteiger partial charge on any atom is -0.356 e. The second kappa shape index (κ2) is 11.7. The Morgan fingerprint density at radius 1 is 1.19 bits per heavy atom. The van der Waals surface area contributed by atoms with Crippen LogP contribution in [0.25, 0.3) is 0 Å². The van der Waals surface area contributed by atoms with Crippen molar-refractivity contribution in [1.82, 2.24) is 15.5 Å². The van der Waals surface area contributed by atoms with Gasteiger partial charge in [-0.1, -0.05) is 18.2 Å². The molecule has 0 atom stereocenters. The van der Waals surface area contributed by atoms with Crippen LogP contribution >= 0.6 is 24.0 Å². The van der Waals surface area contributed by atoms with Crippen molar-refractivity contribution >= 4 is 29.9 Å². The number of aliphatic imine (C=N–C) groups is 1. The summed E-state index contributed by atoms with van der Waals surface area (Å²) in [4.78, 5) is 6.29. The van der Waals surface area contributed by atoms with Crippen LogP contribution in [0.15, 0.2) is 29.3 Å². The summed E-state index contributed by atoms with van der Waals surface area (Å²) in [6.45, 7) is 2.57. The molecule has 1 rings (SSSR count). The summed E-state index contributed by atoms with van der Waals surface area (Å²) in [6.07, 6.45) is 1.70. The van der Waals surface area contributed by atoms with Crippen LogP contribution in [0, 0.1) is 5.82 Å². The van der Waals surface area contributed by atoms with Crippen molar-refractivity contribution in [2.75, 3.05) is 40.8 Å². The fraction of sp³-hybridized carbons (Fsp3) is 0.533. The summed E-state index contributed by atoms with van der Waals surface area (Å²) < 4.78 is 13.4. The summed E-state index contributed by atoms with van der Waals surface area (Å²) in [5.41, 5.74) is 0.725. The zero-order chi connectivity index (χ0) is 14.8. The molecule has 0 spiro atoms. The SMILES string of the molecule is CN=C(NCCCN(C)C)NCCc1ccccc1F.I. The van der Waals surface area contributed by atoms with E-state index in [2.05, 4.69) is 34.6 Å². The number of rotatable bonds is 7. The highest BCUT2D eigenvalue weighted by Gasteiger charge is 2.01. The molecule has 0 aliphatic heterocycles. The van der Waals surface area contributed by atoms with E-state index in [1.807, 2.05) is 12.1 Å². The van der Waals surface area contributed by atoms with Gasteiger partial charge in [0.15, 0.2) is 5.96 Å². The van der Waals surface area contributed by atoms with Crippen LogP contribution in [0.3, 0.4) is 0 Å². The van der Waals surface area contributed by atoms with Crippen molar-refractivity contribution < 1.29 is 4.39 Å². The number of halogens is 2. The van der Waals surface area contributed by atoms with Gasteiger partial charge in [0.2, 0.25) is 0 Å². The largest absolute Gasteiger partial charge is 0.356 e. The van der Waals surface area contributed by atoms with Crippen molar-refractivity contribution in [2.24, 2.45) is 4.99 Å². The normalized spacial score (nSPS) is 11.2. The molecule has 0 aliphatic carbocycles. The maximum Gasteiger partial charge on any atom is 0.190 e. The van der Waals surface area contributed by atoms with E-state index >= 15 is 0 Å². The number of benzene rings is 1. The first-order valence-electron chi connectivity index (χ1n) is 6.96. The summed E-state index contributed by atoms with van der Waals surface area (Å²) in [7, 11) is 5.85. The Morgan fingerprint density at radius 2 is 1.86 bits per heavy atom. The quantitative estimate of drug-likeness (QED) is 0.314. The van der Waals surface area contributed by atoms with Gasteiger partial charge in [0, 0.05) is 20.1 Å². The average molecular weight is 408 g/mol. The Bertz CT molecular complexity index is 424. The zero-order valence-corrected chi connectivity index (χ0v) is 15.4. The molecule has 0 fully saturated rings. The second-order valence-corrected chi connectivity index (χ2v) is 4.92. The van der Waals surface area contributed by atoms with E-state index in [1.54, 1.807) is 13.1 Å². The fourth-order valence-corrected chi connectivity index (χ4v) is 1.84. The summed E-state index contributed by atoms with van der Waals surface area (Å²) >= 11 is 0. The van der Waals surface area contributed by atoms with Crippen LogP contribution in [0.2, 0.25) is 0 Å². The molecule has 0 aliphatic rings. The molecule has 0 amide bonds. The first-order valence-corrected chi connectivity index (χ1v) is 6.96. The molecular weight excluding hydrogens is 382 g/mol. The maximum absolute atomic E-state index is 13.4. The molecule has 2 N–H and O–H groups in total. The monoisotopic (exact) mass is 408 g/mol. The number of nitrogens with one attached hydrogen (secondary N) is 2. The molecule has 0 bridgehead atoms. The number of nitrogens with zero attached hydrogens (tertiary/aromatic N) is 2. The molecular formula is C15H26FIN4. The first-order chi connectivity index (χ1) is 9.63. The summed E-state index contributed by atoms with van der Waals surface area (Å²) in [5, 5.41) is 6.44. The molecule has 0 aromatic heterocycles. The van der Waals surface area contributed by atoms with Crippen LogP contribution < -0.4 is 10.6 Å². The van der Waals surface area contributed by atoms with E-state index in [9.17, 15) is 4.39 Å². The Balaban J connectivity index is 0.00000400. The van der Waals surface area contributed by atoms with Crippen molar-refractivity contribution in [1.29, 1.82) is 0 Å². The number of guanidine groups is 1. The lowest BCUT2D eigenvalue weighted by Gasteiger charge is -2.13. The molecule has 1 aromatic carbocycles. The Morgan fingerprint density at radius 3 is 2.48 bits per heavy atom. The lowest BCUT2D eigenvalue weighted by Crippen LogP contribution is -2.39. The van der Waals surface area contributed by atoms with Crippen LogP contribution in [0.1, 0.15) is 12.0 Å². The molecule has 4 nitrogen and oxygen atoms in total. The molecule has 0 heterocycles. The number of hydrogen-bond acceptors (Lipinski definition) is 2. The number of hydrogen-bond donors (Lipinski definition) is 2. The van der Waals surface area contributed by atoms with Crippen molar-refractivity contribution in [3.8, 4) is 0 Å². The van der Waals surface area contributed by atoms with Crippen LogP contribution in [0.5, 0.6) is 0 Å². The highest BCUT2D eigenvalue weighted by molar-refractivity contribution is 14.0.